The summed E-state index contributed by atoms with van der Waals surface area (Å²) in [4.78, 5) is 0. The molecule has 4 aromatic heterocycles. The Morgan fingerprint density at radius 2 is 0.741 bits per heavy atom. The van der Waals surface area contributed by atoms with Gasteiger partial charge < -0.3 is 0 Å². The van der Waals surface area contributed by atoms with Gasteiger partial charge in [0.15, 0.2) is 0 Å². The summed E-state index contributed by atoms with van der Waals surface area (Å²) >= 11 is 15.9. The van der Waals surface area contributed by atoms with Crippen molar-refractivity contribution in [3.05, 3.63) is 74.9 Å². The van der Waals surface area contributed by atoms with Crippen LogP contribution in [-0.2, 0) is 28.2 Å². The Kier molecular flexibility index (Phi) is 3.42. The molecular formula is C16H24Cl2N8Si+2. The van der Waals surface area contributed by atoms with Gasteiger partial charge in [-0.3, -0.25) is 0 Å². The van der Waals surface area contributed by atoms with Crippen LogP contribution in [0.3, 0.4) is 0 Å². The van der Waals surface area contributed by atoms with E-state index < -0.39 is 5.89 Å². The van der Waals surface area contributed by atoms with Gasteiger partial charge in [0.1, 0.15) is 0 Å². The van der Waals surface area contributed by atoms with Gasteiger partial charge in [0.2, 0.25) is 0 Å². The first kappa shape index (κ1) is 18.0. The van der Waals surface area contributed by atoms with Gasteiger partial charge in [-0.05, 0) is 0 Å². The van der Waals surface area contributed by atoms with Crippen molar-refractivity contribution in [1.29, 1.82) is 0 Å². The van der Waals surface area contributed by atoms with Gasteiger partial charge >= 0.3 is 166 Å². The van der Waals surface area contributed by atoms with Crippen LogP contribution in [0.25, 0.3) is 0 Å². The number of aryl methyl sites for hydroxylation is 4. The van der Waals surface area contributed by atoms with Crippen molar-refractivity contribution in [1.82, 2.24) is 18.3 Å². The van der Waals surface area contributed by atoms with Crippen LogP contribution in [0, 0.1) is 0 Å². The zero-order valence-electron chi connectivity index (χ0n) is 15.8. The van der Waals surface area contributed by atoms with Crippen LogP contribution in [0.15, 0.2) is 74.9 Å². The molecule has 0 bridgehead atoms. The van der Waals surface area contributed by atoms with Crippen molar-refractivity contribution >= 4 is 28.1 Å². The second-order valence-electron chi connectivity index (χ2n) is 7.29. The Hall–Kier alpha value is -2.36. The maximum absolute atomic E-state index is 7.93. The van der Waals surface area contributed by atoms with Gasteiger partial charge in [-0.25, -0.2) is 0 Å². The summed E-state index contributed by atoms with van der Waals surface area (Å²) in [5, 5.41) is 0. The summed E-state index contributed by atoms with van der Waals surface area (Å²) in [5.74, 6) is -5.28. The number of aromatic nitrogens is 8. The fourth-order valence-corrected chi connectivity index (χ4v) is 10.9. The molecule has 0 spiro atoms. The molecular weight excluding hydrogens is 403 g/mol. The Bertz CT molecular complexity index is 982. The van der Waals surface area contributed by atoms with Crippen molar-refractivity contribution < 1.29 is 16.9 Å². The van der Waals surface area contributed by atoms with Gasteiger partial charge in [0, 0.05) is 0 Å². The number of imidazole rings is 4. The van der Waals surface area contributed by atoms with Crippen molar-refractivity contribution in [3.63, 3.8) is 0 Å². The third-order valence-electron chi connectivity index (χ3n) is 5.24. The standard InChI is InChI=1S/C16H24Cl2N8Si/c1-19-5-9-23(13-19)27(17,18,24-10-6-20(2)14-24,25-11-7-21(3)15-25)26-12-8-22(4)16-26/h5-16H,1-4H3/q+2. The van der Waals surface area contributed by atoms with E-state index in [1.807, 2.05) is 138 Å². The molecule has 0 aliphatic carbocycles. The van der Waals surface area contributed by atoms with Crippen LogP contribution >= 0.6 is 22.2 Å². The van der Waals surface area contributed by atoms with Gasteiger partial charge in [-0.15, -0.1) is 0 Å². The van der Waals surface area contributed by atoms with E-state index in [0.29, 0.717) is 0 Å². The predicted octanol–water partition coefficient (Wildman–Crippen LogP) is -0.502. The van der Waals surface area contributed by atoms with E-state index in [4.69, 9.17) is 22.2 Å². The normalized spacial score (nSPS) is 14.9. The fourth-order valence-electron chi connectivity index (χ4n) is 3.71. The average molecular weight is 427 g/mol. The van der Waals surface area contributed by atoms with Gasteiger partial charge in [-0.1, -0.05) is 0 Å². The monoisotopic (exact) mass is 426 g/mol. The molecule has 0 amide bonds. The van der Waals surface area contributed by atoms with Crippen molar-refractivity contribution in [2.24, 2.45) is 28.2 Å². The molecule has 4 heterocycles. The molecule has 144 valence electrons. The molecule has 11 heteroatoms. The van der Waals surface area contributed by atoms with Crippen LogP contribution in [-0.4, -0.2) is 24.2 Å². The number of rotatable bonds is 4. The molecule has 27 heavy (non-hydrogen) atoms. The molecule has 4 aromatic rings. The minimum atomic E-state index is -5.28. The van der Waals surface area contributed by atoms with Crippen molar-refractivity contribution in [2.75, 3.05) is 0 Å². The fraction of sp³-hybridized carbons (Fsp3) is 0.250. The zero-order chi connectivity index (χ0) is 19.5. The molecule has 0 saturated heterocycles. The molecule has 0 atom stereocenters. The summed E-state index contributed by atoms with van der Waals surface area (Å²) in [6, 6.07) is 0. The summed E-state index contributed by atoms with van der Waals surface area (Å²) in [6.45, 7) is 0. The average Bonchev–Trinajstić information content (AvgIpc) is 3.36. The second kappa shape index (κ2) is 5.12. The quantitative estimate of drug-likeness (QED) is 0.311. The minimum absolute atomic E-state index is 1.91. The SMILES string of the molecule is Cn1cc[n+]([Si-2](Cl)(Cl)([n+]2ccn(C)c2)([n+]2ccn(C)c2)[n+]2ccn(C)c2)c1. The molecule has 0 aliphatic heterocycles. The molecule has 0 aromatic carbocycles. The number of halogens is 2. The van der Waals surface area contributed by atoms with E-state index in [0.717, 1.165) is 0 Å². The molecule has 0 fully saturated rings. The third-order valence-corrected chi connectivity index (χ3v) is 15.3. The van der Waals surface area contributed by atoms with E-state index >= 15 is 0 Å². The van der Waals surface area contributed by atoms with Crippen molar-refractivity contribution in [3.8, 4) is 0 Å². The van der Waals surface area contributed by atoms with E-state index in [-0.39, 0.29) is 0 Å². The molecule has 0 unspecified atom stereocenters. The molecule has 0 saturated carbocycles. The summed E-state index contributed by atoms with van der Waals surface area (Å²) < 4.78 is 15.4. The van der Waals surface area contributed by atoms with E-state index in [1.165, 1.54) is 0 Å². The maximum atomic E-state index is 7.93. The Labute approximate surface area is 166 Å². The number of hydrogen-bond donors (Lipinski definition) is 0. The Morgan fingerprint density at radius 3 is 0.889 bits per heavy atom. The van der Waals surface area contributed by atoms with Crippen LogP contribution in [0.4, 0.5) is 0 Å². The van der Waals surface area contributed by atoms with Gasteiger partial charge in [0.05, 0.1) is 0 Å². The number of nitrogens with zero attached hydrogens (tertiary/aromatic N) is 8. The molecule has 8 nitrogen and oxygen atoms in total. The number of hydrogen-bond acceptors (Lipinski definition) is 0. The van der Waals surface area contributed by atoms with Crippen LogP contribution in [0.1, 0.15) is 0 Å². The summed E-state index contributed by atoms with van der Waals surface area (Å²) in [5.41, 5.74) is 0. The van der Waals surface area contributed by atoms with Gasteiger partial charge in [0.25, 0.3) is 0 Å². The van der Waals surface area contributed by atoms with Gasteiger partial charge in [-0.2, -0.15) is 0 Å². The molecule has 0 N–H and O–H groups in total. The van der Waals surface area contributed by atoms with E-state index in [9.17, 15) is 0 Å². The Balaban J connectivity index is 2.30. The first-order chi connectivity index (χ1) is 12.6. The first-order valence-electron chi connectivity index (χ1n) is 8.53. The van der Waals surface area contributed by atoms with E-state index in [1.54, 1.807) is 0 Å². The van der Waals surface area contributed by atoms with Crippen LogP contribution < -0.4 is 16.9 Å². The third kappa shape index (κ3) is 2.04. The Morgan fingerprint density at radius 1 is 0.519 bits per heavy atom. The topological polar surface area (TPSA) is 35.2 Å². The predicted molar refractivity (Wildman–Crippen MR) is 101 cm³/mol. The van der Waals surface area contributed by atoms with Crippen LogP contribution in [0.5, 0.6) is 0 Å². The molecule has 4 rings (SSSR count). The summed E-state index contributed by atoms with van der Waals surface area (Å²) in [7, 11) is 7.78. The van der Waals surface area contributed by atoms with Crippen molar-refractivity contribution in [2.45, 2.75) is 0 Å². The molecule has 0 aliphatic rings. The van der Waals surface area contributed by atoms with E-state index in [2.05, 4.69) is 0 Å². The first-order valence-corrected chi connectivity index (χ1v) is 13.3. The second-order valence-corrected chi connectivity index (χ2v) is 17.8. The summed E-state index contributed by atoms with van der Waals surface area (Å²) in [6.07, 6.45) is 23.0. The van der Waals surface area contributed by atoms with Crippen LogP contribution in [0.2, 0.25) is 0 Å². The zero-order valence-corrected chi connectivity index (χ0v) is 18.3. The molecule has 0 radical (unpaired) electrons.